The Morgan fingerprint density at radius 3 is 2.34 bits per heavy atom. The minimum Gasteiger partial charge on any atom is -0.356 e. The molecule has 1 aromatic carbocycles. The molecule has 0 aliphatic carbocycles. The molecule has 4 rings (SSSR count). The van der Waals surface area contributed by atoms with Crippen LogP contribution in [0.25, 0.3) is 0 Å². The van der Waals surface area contributed by atoms with Crippen molar-refractivity contribution in [3.8, 4) is 0 Å². The molecule has 0 radical (unpaired) electrons. The molecule has 29 heavy (non-hydrogen) atoms. The highest BCUT2D eigenvalue weighted by Crippen LogP contribution is 2.36. The van der Waals surface area contributed by atoms with Crippen LogP contribution in [-0.2, 0) is 17.5 Å². The normalized spacial score (nSPS) is 19.0. The number of piperidine rings is 1. The van der Waals surface area contributed by atoms with Crippen LogP contribution in [0.5, 0.6) is 0 Å². The van der Waals surface area contributed by atoms with Gasteiger partial charge in [0.05, 0.1) is 0 Å². The van der Waals surface area contributed by atoms with Gasteiger partial charge in [-0.25, -0.2) is 9.78 Å². The third-order valence-electron chi connectivity index (χ3n) is 5.53. The van der Waals surface area contributed by atoms with Gasteiger partial charge in [-0.05, 0) is 30.5 Å². The van der Waals surface area contributed by atoms with E-state index in [0.717, 1.165) is 11.6 Å². The molecule has 1 N–H and O–H groups in total. The minimum atomic E-state index is -4.52. The van der Waals surface area contributed by atoms with Crippen molar-refractivity contribution in [2.75, 3.05) is 18.0 Å². The van der Waals surface area contributed by atoms with Gasteiger partial charge in [-0.3, -0.25) is 10.1 Å². The summed E-state index contributed by atoms with van der Waals surface area (Å²) in [7, 11) is 0. The molecule has 9 heteroatoms. The lowest BCUT2D eigenvalue weighted by molar-refractivity contribution is -0.141. The Hall–Kier alpha value is -3.10. The van der Waals surface area contributed by atoms with Crippen molar-refractivity contribution < 1.29 is 22.8 Å². The molecule has 6 nitrogen and oxygen atoms in total. The summed E-state index contributed by atoms with van der Waals surface area (Å²) in [4.78, 5) is 32.0. The molecule has 2 aliphatic rings. The summed E-state index contributed by atoms with van der Waals surface area (Å²) >= 11 is 0. The van der Waals surface area contributed by atoms with Crippen molar-refractivity contribution in [3.05, 3.63) is 59.8 Å². The van der Waals surface area contributed by atoms with E-state index in [0.29, 0.717) is 32.5 Å². The third-order valence-corrected chi connectivity index (χ3v) is 5.53. The quantitative estimate of drug-likeness (QED) is 0.798. The van der Waals surface area contributed by atoms with Gasteiger partial charge in [0, 0.05) is 19.6 Å². The number of carbonyl (C=O) groups excluding carboxylic acids is 2. The molecule has 152 valence electrons. The van der Waals surface area contributed by atoms with E-state index in [2.05, 4.69) is 10.3 Å². The van der Waals surface area contributed by atoms with Crippen LogP contribution in [-0.4, -0.2) is 40.5 Å². The molecule has 2 aromatic rings. The number of hydrogen-bond acceptors (Lipinski definition) is 4. The van der Waals surface area contributed by atoms with Crippen molar-refractivity contribution in [1.29, 1.82) is 0 Å². The molecule has 2 aliphatic heterocycles. The van der Waals surface area contributed by atoms with Gasteiger partial charge in [0.25, 0.3) is 5.91 Å². The highest BCUT2D eigenvalue weighted by atomic mass is 19.4. The van der Waals surface area contributed by atoms with E-state index < -0.39 is 23.4 Å². The van der Waals surface area contributed by atoms with Crippen LogP contribution in [0.4, 0.5) is 23.8 Å². The summed E-state index contributed by atoms with van der Waals surface area (Å²) in [5, 5.41) is 2.40. The molecule has 3 amide bonds. The Bertz CT molecular complexity index is 925. The first kappa shape index (κ1) is 19.2. The highest BCUT2D eigenvalue weighted by Gasteiger charge is 2.54. The molecule has 3 heterocycles. The van der Waals surface area contributed by atoms with Gasteiger partial charge < -0.3 is 9.80 Å². The Morgan fingerprint density at radius 1 is 1.00 bits per heavy atom. The Balaban J connectivity index is 1.53. The van der Waals surface area contributed by atoms with Gasteiger partial charge >= 0.3 is 12.2 Å². The number of carbonyl (C=O) groups is 2. The minimum absolute atomic E-state index is 0.217. The van der Waals surface area contributed by atoms with Gasteiger partial charge in [-0.1, -0.05) is 36.4 Å². The number of benzene rings is 1. The number of amides is 3. The third kappa shape index (κ3) is 3.52. The topological polar surface area (TPSA) is 65.5 Å². The number of urea groups is 1. The van der Waals surface area contributed by atoms with Crippen molar-refractivity contribution in [3.63, 3.8) is 0 Å². The Morgan fingerprint density at radius 2 is 1.69 bits per heavy atom. The predicted octanol–water partition coefficient (Wildman–Crippen LogP) is 3.19. The van der Waals surface area contributed by atoms with E-state index in [1.165, 1.54) is 12.1 Å². The zero-order valence-electron chi connectivity index (χ0n) is 15.4. The number of halogens is 3. The van der Waals surface area contributed by atoms with E-state index in [1.54, 1.807) is 9.80 Å². The zero-order chi connectivity index (χ0) is 20.6. The number of hydrogen-bond donors (Lipinski definition) is 1. The summed E-state index contributed by atoms with van der Waals surface area (Å²) in [6.45, 7) is 0.931. The second-order valence-corrected chi connectivity index (χ2v) is 7.23. The average Bonchev–Trinajstić information content (AvgIpc) is 2.93. The maximum absolute atomic E-state index is 13.0. The van der Waals surface area contributed by atoms with Crippen molar-refractivity contribution in [2.45, 2.75) is 31.1 Å². The number of pyridine rings is 1. The van der Waals surface area contributed by atoms with E-state index in [1.807, 2.05) is 30.3 Å². The molecular formula is C20H19F3N4O2. The fourth-order valence-electron chi connectivity index (χ4n) is 3.95. The monoisotopic (exact) mass is 404 g/mol. The average molecular weight is 404 g/mol. The van der Waals surface area contributed by atoms with Crippen molar-refractivity contribution >= 4 is 17.8 Å². The number of alkyl halides is 3. The van der Waals surface area contributed by atoms with Crippen LogP contribution in [0, 0.1) is 0 Å². The fraction of sp³-hybridized carbons (Fsp3) is 0.350. The number of nitrogens with zero attached hydrogens (tertiary/aromatic N) is 3. The fourth-order valence-corrected chi connectivity index (χ4v) is 3.95. The standard InChI is InChI=1S/C20H19F3N4O2/c21-20(22,23)15-7-4-8-16(24-15)26-11-9-19(10-12-26)17(28)25-18(29)27(19)13-14-5-2-1-3-6-14/h1-8H,9-13H2,(H,25,28,29). The van der Waals surface area contributed by atoms with Gasteiger partial charge in [0.1, 0.15) is 17.1 Å². The van der Waals surface area contributed by atoms with Crippen LogP contribution in [0.2, 0.25) is 0 Å². The van der Waals surface area contributed by atoms with Gasteiger partial charge in [-0.2, -0.15) is 13.2 Å². The summed E-state index contributed by atoms with van der Waals surface area (Å²) in [6, 6.07) is 12.7. The maximum Gasteiger partial charge on any atom is 0.433 e. The van der Waals surface area contributed by atoms with Gasteiger partial charge in [0.15, 0.2) is 0 Å². The number of rotatable bonds is 3. The van der Waals surface area contributed by atoms with Crippen LogP contribution in [0.1, 0.15) is 24.1 Å². The Labute approximate surface area is 165 Å². The lowest BCUT2D eigenvalue weighted by Gasteiger charge is -2.42. The molecular weight excluding hydrogens is 385 g/mol. The molecule has 0 bridgehead atoms. The molecule has 1 aromatic heterocycles. The summed E-state index contributed by atoms with van der Waals surface area (Å²) < 4.78 is 38.9. The molecule has 2 fully saturated rings. The Kier molecular flexibility index (Phi) is 4.68. The summed E-state index contributed by atoms with van der Waals surface area (Å²) in [5.41, 5.74) is -1.04. The first-order valence-electron chi connectivity index (χ1n) is 9.26. The lowest BCUT2D eigenvalue weighted by Crippen LogP contribution is -2.56. The summed E-state index contributed by atoms with van der Waals surface area (Å²) in [5.74, 6) is -0.135. The smallest absolute Gasteiger partial charge is 0.356 e. The van der Waals surface area contributed by atoms with Crippen molar-refractivity contribution in [2.24, 2.45) is 0 Å². The van der Waals surface area contributed by atoms with Gasteiger partial charge in [0.2, 0.25) is 0 Å². The van der Waals surface area contributed by atoms with Crippen LogP contribution < -0.4 is 10.2 Å². The first-order valence-corrected chi connectivity index (χ1v) is 9.26. The first-order chi connectivity index (χ1) is 13.8. The lowest BCUT2D eigenvalue weighted by atomic mass is 9.85. The SMILES string of the molecule is O=C1NC(=O)C2(CCN(c3cccc(C(F)(F)F)n3)CC2)N1Cc1ccccc1. The molecule has 1 spiro atoms. The second-order valence-electron chi connectivity index (χ2n) is 7.23. The van der Waals surface area contributed by atoms with E-state index in [-0.39, 0.29) is 11.7 Å². The number of imide groups is 1. The second kappa shape index (κ2) is 7.06. The van der Waals surface area contributed by atoms with E-state index in [4.69, 9.17) is 0 Å². The van der Waals surface area contributed by atoms with E-state index >= 15 is 0 Å². The number of aromatic nitrogens is 1. The van der Waals surface area contributed by atoms with Crippen molar-refractivity contribution in [1.82, 2.24) is 15.2 Å². The number of anilines is 1. The predicted molar refractivity (Wildman–Crippen MR) is 98.9 cm³/mol. The molecule has 0 saturated carbocycles. The van der Waals surface area contributed by atoms with Crippen LogP contribution >= 0.6 is 0 Å². The van der Waals surface area contributed by atoms with Crippen LogP contribution in [0.15, 0.2) is 48.5 Å². The van der Waals surface area contributed by atoms with Gasteiger partial charge in [-0.15, -0.1) is 0 Å². The molecule has 0 unspecified atom stereocenters. The highest BCUT2D eigenvalue weighted by molar-refractivity contribution is 6.07. The van der Waals surface area contributed by atoms with Crippen LogP contribution in [0.3, 0.4) is 0 Å². The molecule has 2 saturated heterocycles. The van der Waals surface area contributed by atoms with E-state index in [9.17, 15) is 22.8 Å². The largest absolute Gasteiger partial charge is 0.433 e. The zero-order valence-corrected chi connectivity index (χ0v) is 15.4. The number of nitrogens with one attached hydrogen (secondary N) is 1. The summed E-state index contributed by atoms with van der Waals surface area (Å²) in [6.07, 6.45) is -3.89. The molecule has 0 atom stereocenters. The maximum atomic E-state index is 13.0.